The van der Waals surface area contributed by atoms with Gasteiger partial charge in [-0.2, -0.15) is 19.5 Å². The summed E-state index contributed by atoms with van der Waals surface area (Å²) in [7, 11) is 0. The van der Waals surface area contributed by atoms with Crippen molar-refractivity contribution < 1.29 is 18.0 Å². The third-order valence-corrected chi connectivity index (χ3v) is 6.16. The number of hydrogen-bond donors (Lipinski definition) is 1. The van der Waals surface area contributed by atoms with E-state index in [-0.39, 0.29) is 24.2 Å². The van der Waals surface area contributed by atoms with E-state index in [0.29, 0.717) is 56.7 Å². The third-order valence-electron chi connectivity index (χ3n) is 6.16. The second-order valence-corrected chi connectivity index (χ2v) is 8.96. The van der Waals surface area contributed by atoms with Crippen LogP contribution in [0.1, 0.15) is 25.5 Å². The van der Waals surface area contributed by atoms with Gasteiger partial charge in [0.2, 0.25) is 23.6 Å². The fourth-order valence-electron chi connectivity index (χ4n) is 4.57. The Balaban J connectivity index is 1.33. The van der Waals surface area contributed by atoms with Crippen LogP contribution in [0.15, 0.2) is 16.5 Å². The van der Waals surface area contributed by atoms with Crippen LogP contribution in [0.25, 0.3) is 17.4 Å². The highest BCUT2D eigenvalue weighted by molar-refractivity contribution is 5.85. The van der Waals surface area contributed by atoms with Crippen molar-refractivity contribution in [2.45, 2.75) is 38.7 Å². The molecule has 3 aromatic rings. The van der Waals surface area contributed by atoms with Crippen LogP contribution in [0.5, 0.6) is 0 Å². The van der Waals surface area contributed by atoms with Crippen LogP contribution in [0.2, 0.25) is 0 Å². The highest BCUT2D eigenvalue weighted by atomic mass is 19.3. The molecule has 2 aliphatic heterocycles. The zero-order valence-electron chi connectivity index (χ0n) is 19.1. The molecule has 0 spiro atoms. The lowest BCUT2D eigenvalue weighted by atomic mass is 10.1. The lowest BCUT2D eigenvalue weighted by molar-refractivity contribution is -0.134. The summed E-state index contributed by atoms with van der Waals surface area (Å²) in [6.07, 6.45) is 1.46. The van der Waals surface area contributed by atoms with Crippen LogP contribution in [-0.4, -0.2) is 91.5 Å². The van der Waals surface area contributed by atoms with Gasteiger partial charge in [-0.15, -0.1) is 5.10 Å². The topological polar surface area (TPSA) is 122 Å². The molecule has 0 unspecified atom stereocenters. The Morgan fingerprint density at radius 2 is 1.94 bits per heavy atom. The van der Waals surface area contributed by atoms with E-state index < -0.39 is 12.0 Å². The molecular formula is C21H27F2N9O2. The number of alkyl halides is 2. The molecule has 2 fully saturated rings. The molecule has 5 rings (SSSR count). The first-order chi connectivity index (χ1) is 16.2. The van der Waals surface area contributed by atoms with E-state index in [2.05, 4.69) is 20.1 Å². The minimum absolute atomic E-state index is 0.0457. The molecule has 5 heterocycles. The van der Waals surface area contributed by atoms with E-state index >= 15 is 0 Å². The summed E-state index contributed by atoms with van der Waals surface area (Å²) in [4.78, 5) is 31.9. The molecule has 1 amide bonds. The maximum Gasteiger partial charge on any atom is 0.259 e. The number of hydrogen-bond acceptors (Lipinski definition) is 9. The van der Waals surface area contributed by atoms with Gasteiger partial charge in [0.1, 0.15) is 11.8 Å². The molecule has 34 heavy (non-hydrogen) atoms. The predicted molar refractivity (Wildman–Crippen MR) is 119 cm³/mol. The smallest absolute Gasteiger partial charge is 0.259 e. The Kier molecular flexibility index (Phi) is 5.58. The molecule has 0 bridgehead atoms. The van der Waals surface area contributed by atoms with Gasteiger partial charge in [-0.05, 0) is 31.9 Å². The molecule has 182 valence electrons. The Hall–Kier alpha value is -3.35. The number of aryl methyl sites for hydroxylation is 1. The number of nitrogen functional groups attached to an aromatic ring is 1. The number of amides is 1. The molecule has 13 heteroatoms. The summed E-state index contributed by atoms with van der Waals surface area (Å²) in [5.41, 5.74) is 6.14. The van der Waals surface area contributed by atoms with Gasteiger partial charge in [-0.3, -0.25) is 9.69 Å². The summed E-state index contributed by atoms with van der Waals surface area (Å²) in [6, 6.07) is 3.15. The first-order valence-electron chi connectivity index (χ1n) is 11.3. The minimum Gasteiger partial charge on any atom is -0.458 e. The van der Waals surface area contributed by atoms with Gasteiger partial charge < -0.3 is 20.0 Å². The molecule has 1 atom stereocenters. The van der Waals surface area contributed by atoms with Crippen molar-refractivity contribution in [1.29, 1.82) is 0 Å². The number of anilines is 2. The molecule has 2 aliphatic rings. The van der Waals surface area contributed by atoms with Gasteiger partial charge in [0.25, 0.3) is 11.7 Å². The molecule has 0 saturated carbocycles. The molecule has 0 aliphatic carbocycles. The van der Waals surface area contributed by atoms with Gasteiger partial charge in [0, 0.05) is 39.6 Å². The van der Waals surface area contributed by atoms with E-state index in [4.69, 9.17) is 10.2 Å². The van der Waals surface area contributed by atoms with Crippen LogP contribution in [-0.2, 0) is 4.79 Å². The van der Waals surface area contributed by atoms with Crippen molar-refractivity contribution in [3.8, 4) is 11.6 Å². The second kappa shape index (κ2) is 8.46. The van der Waals surface area contributed by atoms with Crippen molar-refractivity contribution >= 4 is 23.6 Å². The average Bonchev–Trinajstić information content (AvgIpc) is 3.51. The van der Waals surface area contributed by atoms with Crippen molar-refractivity contribution in [2.24, 2.45) is 0 Å². The summed E-state index contributed by atoms with van der Waals surface area (Å²) in [5, 5.41) is 4.33. The third kappa shape index (κ3) is 4.39. The van der Waals surface area contributed by atoms with Crippen LogP contribution in [0.3, 0.4) is 0 Å². The first-order valence-corrected chi connectivity index (χ1v) is 11.3. The SMILES string of the molecule is Cc1ccc(-c2nc3nc(N4CCC[C@H]4C(=O)N4CCN(CC(C)(F)F)CC4)nc(N)n3n2)o1. The number of carbonyl (C=O) groups is 1. The molecular weight excluding hydrogens is 448 g/mol. The van der Waals surface area contributed by atoms with Gasteiger partial charge in [0.15, 0.2) is 5.76 Å². The molecule has 3 aromatic heterocycles. The monoisotopic (exact) mass is 475 g/mol. The molecule has 0 aromatic carbocycles. The summed E-state index contributed by atoms with van der Waals surface area (Å²) in [5.74, 6) is -0.532. The second-order valence-electron chi connectivity index (χ2n) is 8.96. The Morgan fingerprint density at radius 3 is 2.62 bits per heavy atom. The van der Waals surface area contributed by atoms with Crippen molar-refractivity contribution in [3.63, 3.8) is 0 Å². The number of piperazine rings is 1. The summed E-state index contributed by atoms with van der Waals surface area (Å²) >= 11 is 0. The largest absolute Gasteiger partial charge is 0.458 e. The summed E-state index contributed by atoms with van der Waals surface area (Å²) in [6.45, 7) is 4.72. The fourth-order valence-corrected chi connectivity index (χ4v) is 4.57. The molecule has 0 radical (unpaired) electrons. The van der Waals surface area contributed by atoms with Gasteiger partial charge in [0.05, 0.1) is 6.54 Å². The number of rotatable bonds is 5. The van der Waals surface area contributed by atoms with E-state index in [1.807, 2.05) is 17.9 Å². The zero-order chi connectivity index (χ0) is 24.0. The quantitative estimate of drug-likeness (QED) is 0.584. The fraction of sp³-hybridized carbons (Fsp3) is 0.571. The van der Waals surface area contributed by atoms with Crippen LogP contribution < -0.4 is 10.6 Å². The lowest BCUT2D eigenvalue weighted by Crippen LogP contribution is -2.55. The number of nitrogens with two attached hydrogens (primary N) is 1. The Labute approximate surface area is 194 Å². The number of carbonyl (C=O) groups excluding carboxylic acids is 1. The first kappa shape index (κ1) is 22.4. The summed E-state index contributed by atoms with van der Waals surface area (Å²) < 4.78 is 33.6. The van der Waals surface area contributed by atoms with E-state index in [9.17, 15) is 13.6 Å². The van der Waals surface area contributed by atoms with Crippen LogP contribution in [0.4, 0.5) is 20.7 Å². The number of aromatic nitrogens is 5. The minimum atomic E-state index is -2.75. The standard InChI is InChI=1S/C21H27F2N9O2/c1-13-5-6-15(34-13)16-25-20-27-19(26-18(24)32(20)28-16)31-7-3-4-14(31)17(33)30-10-8-29(9-11-30)12-21(2,22)23/h5-6,14H,3-4,7-12H2,1-2H3,(H2,24,25,26,27,28)/t14-/m0/s1. The van der Waals surface area contributed by atoms with Gasteiger partial charge >= 0.3 is 0 Å². The van der Waals surface area contributed by atoms with E-state index in [1.54, 1.807) is 15.9 Å². The van der Waals surface area contributed by atoms with E-state index in [0.717, 1.165) is 19.1 Å². The Morgan fingerprint density at radius 1 is 1.18 bits per heavy atom. The van der Waals surface area contributed by atoms with Crippen LogP contribution >= 0.6 is 0 Å². The average molecular weight is 476 g/mol. The lowest BCUT2D eigenvalue weighted by Gasteiger charge is -2.38. The number of furan rings is 1. The highest BCUT2D eigenvalue weighted by Gasteiger charge is 2.37. The maximum absolute atomic E-state index is 13.3. The van der Waals surface area contributed by atoms with Gasteiger partial charge in [-0.25, -0.2) is 8.78 Å². The molecule has 11 nitrogen and oxygen atoms in total. The molecule has 2 saturated heterocycles. The molecule has 2 N–H and O–H groups in total. The normalized spacial score (nSPS) is 19.9. The van der Waals surface area contributed by atoms with Crippen molar-refractivity contribution in [1.82, 2.24) is 34.4 Å². The predicted octanol–water partition coefficient (Wildman–Crippen LogP) is 1.44. The van der Waals surface area contributed by atoms with Crippen LogP contribution in [0, 0.1) is 6.92 Å². The number of nitrogens with zero attached hydrogens (tertiary/aromatic N) is 8. The van der Waals surface area contributed by atoms with E-state index in [1.165, 1.54) is 4.52 Å². The highest BCUT2D eigenvalue weighted by Crippen LogP contribution is 2.27. The number of halogens is 2. The van der Waals surface area contributed by atoms with Gasteiger partial charge in [-0.1, -0.05) is 0 Å². The van der Waals surface area contributed by atoms with Crippen molar-refractivity contribution in [2.75, 3.05) is 49.9 Å². The Bertz CT molecular complexity index is 1200. The maximum atomic E-state index is 13.3. The number of fused-ring (bicyclic) bond motifs is 1. The van der Waals surface area contributed by atoms with Crippen molar-refractivity contribution in [3.05, 3.63) is 17.9 Å². The zero-order valence-corrected chi connectivity index (χ0v) is 19.1.